The van der Waals surface area contributed by atoms with Gasteiger partial charge in [-0.15, -0.1) is 0 Å². The molecule has 0 radical (unpaired) electrons. The summed E-state index contributed by atoms with van der Waals surface area (Å²) in [7, 11) is 0. The van der Waals surface area contributed by atoms with E-state index in [1.54, 1.807) is 6.20 Å². The molecular weight excluding hydrogens is 277 g/mol. The van der Waals surface area contributed by atoms with Gasteiger partial charge in [0.05, 0.1) is 0 Å². The third-order valence-electron chi connectivity index (χ3n) is 2.71. The molecule has 0 aromatic carbocycles. The molecule has 2 aliphatic rings. The minimum atomic E-state index is 0.383. The third kappa shape index (κ3) is 1.36. The number of hydrogen-bond acceptors (Lipinski definition) is 3. The molecule has 1 N–H and O–H groups in total. The summed E-state index contributed by atoms with van der Waals surface area (Å²) in [5.41, 5.74) is 1.22. The van der Waals surface area contributed by atoms with Gasteiger partial charge in [-0.25, -0.2) is 0 Å². The number of fused-ring (bicyclic) bond motifs is 2. The Labute approximate surface area is 87.6 Å². The molecular formula is C9H11IN3-. The monoisotopic (exact) mass is 288 g/mol. The van der Waals surface area contributed by atoms with Crippen molar-refractivity contribution in [1.82, 2.24) is 15.3 Å². The standard InChI is InChI=1S/C9H11IN3/c1-2-12-8(5-11-1)6-3-9-10-7(6)4-13-9/h1-2,5-7,9,13H,3-4H2/q-1/t6-,7+,9-/m1/s1. The van der Waals surface area contributed by atoms with Crippen LogP contribution >= 0.6 is 0 Å². The first-order valence-corrected chi connectivity index (χ1v) is 7.04. The maximum absolute atomic E-state index is 4.41. The molecule has 2 bridgehead atoms. The fourth-order valence-electron chi connectivity index (χ4n) is 2.07. The molecule has 0 aliphatic carbocycles. The van der Waals surface area contributed by atoms with Crippen LogP contribution in [0.3, 0.4) is 0 Å². The number of hydrogen-bond donors (Lipinski definition) is 1. The van der Waals surface area contributed by atoms with Crippen molar-refractivity contribution in [3.8, 4) is 0 Å². The van der Waals surface area contributed by atoms with E-state index in [1.807, 2.05) is 12.4 Å². The molecule has 4 heteroatoms. The molecule has 0 unspecified atom stereocenters. The second kappa shape index (κ2) is 3.16. The fourth-order valence-corrected chi connectivity index (χ4v) is 6.21. The van der Waals surface area contributed by atoms with Gasteiger partial charge >= 0.3 is 87.6 Å². The molecule has 2 saturated heterocycles. The van der Waals surface area contributed by atoms with E-state index < -0.39 is 0 Å². The van der Waals surface area contributed by atoms with Crippen molar-refractivity contribution >= 4 is 0 Å². The predicted octanol–water partition coefficient (Wildman–Crippen LogP) is -2.65. The Morgan fingerprint density at radius 3 is 3.08 bits per heavy atom. The molecule has 2 fully saturated rings. The molecule has 3 heterocycles. The summed E-state index contributed by atoms with van der Waals surface area (Å²) in [5, 5.41) is 3.56. The summed E-state index contributed by atoms with van der Waals surface area (Å²) >= 11 is 0.383. The summed E-state index contributed by atoms with van der Waals surface area (Å²) in [6.07, 6.45) is 6.81. The molecule has 0 amide bonds. The quantitative estimate of drug-likeness (QED) is 0.348. The van der Waals surface area contributed by atoms with Gasteiger partial charge in [0.25, 0.3) is 0 Å². The molecule has 3 rings (SSSR count). The van der Waals surface area contributed by atoms with E-state index in [1.165, 1.54) is 18.7 Å². The Balaban J connectivity index is 1.87. The van der Waals surface area contributed by atoms with E-state index in [4.69, 9.17) is 0 Å². The van der Waals surface area contributed by atoms with Crippen LogP contribution in [0, 0.1) is 0 Å². The first-order chi connectivity index (χ1) is 6.43. The van der Waals surface area contributed by atoms with Gasteiger partial charge in [0, 0.05) is 0 Å². The molecule has 3 atom stereocenters. The van der Waals surface area contributed by atoms with Gasteiger partial charge in [0.15, 0.2) is 0 Å². The summed E-state index contributed by atoms with van der Waals surface area (Å²) in [6, 6.07) is 0. The topological polar surface area (TPSA) is 37.8 Å². The van der Waals surface area contributed by atoms with Gasteiger partial charge in [0.1, 0.15) is 0 Å². The Morgan fingerprint density at radius 2 is 2.46 bits per heavy atom. The second-order valence-corrected chi connectivity index (χ2v) is 7.31. The number of nitrogens with one attached hydrogen (secondary N) is 1. The first kappa shape index (κ1) is 8.11. The van der Waals surface area contributed by atoms with Crippen molar-refractivity contribution in [1.29, 1.82) is 0 Å². The van der Waals surface area contributed by atoms with E-state index in [0.717, 1.165) is 7.97 Å². The molecule has 0 saturated carbocycles. The number of rotatable bonds is 1. The van der Waals surface area contributed by atoms with Crippen LogP contribution in [0.25, 0.3) is 0 Å². The van der Waals surface area contributed by atoms with Crippen LogP contribution in [0.1, 0.15) is 18.0 Å². The van der Waals surface area contributed by atoms with Gasteiger partial charge in [-0.05, 0) is 0 Å². The van der Waals surface area contributed by atoms with Crippen LogP contribution in [0.2, 0.25) is 0 Å². The van der Waals surface area contributed by atoms with Crippen LogP contribution < -0.4 is 26.5 Å². The van der Waals surface area contributed by atoms with Crippen molar-refractivity contribution in [2.24, 2.45) is 0 Å². The number of halogens is 1. The van der Waals surface area contributed by atoms with Gasteiger partial charge in [0.2, 0.25) is 0 Å². The van der Waals surface area contributed by atoms with E-state index in [-0.39, 0.29) is 0 Å². The Kier molecular flexibility index (Phi) is 1.97. The third-order valence-corrected chi connectivity index (χ3v) is 6.76. The second-order valence-electron chi connectivity index (χ2n) is 3.49. The van der Waals surface area contributed by atoms with Crippen molar-refractivity contribution < 1.29 is 21.2 Å². The fraction of sp³-hybridized carbons (Fsp3) is 0.556. The summed E-state index contributed by atoms with van der Waals surface area (Å²) < 4.78 is 1.77. The predicted molar refractivity (Wildman–Crippen MR) is 45.0 cm³/mol. The average molecular weight is 288 g/mol. The van der Waals surface area contributed by atoms with Gasteiger partial charge < -0.3 is 0 Å². The zero-order chi connectivity index (χ0) is 8.67. The van der Waals surface area contributed by atoms with Gasteiger partial charge in [-0.3, -0.25) is 0 Å². The summed E-state index contributed by atoms with van der Waals surface area (Å²) in [4.78, 5) is 8.55. The molecule has 2 aliphatic heterocycles. The number of nitrogens with zero attached hydrogens (tertiary/aromatic N) is 2. The SMILES string of the molecule is c1cnc([C@@H]2C[C@H]3NC[C@@H]2[I-]3)cn1. The number of aromatic nitrogens is 2. The Morgan fingerprint density at radius 1 is 1.46 bits per heavy atom. The van der Waals surface area contributed by atoms with Crippen molar-refractivity contribution in [2.75, 3.05) is 6.54 Å². The van der Waals surface area contributed by atoms with Crippen molar-refractivity contribution in [2.45, 2.75) is 20.3 Å². The molecule has 3 nitrogen and oxygen atoms in total. The normalized spacial score (nSPS) is 37.4. The first-order valence-electron chi connectivity index (χ1n) is 4.55. The van der Waals surface area contributed by atoms with E-state index in [9.17, 15) is 0 Å². The van der Waals surface area contributed by atoms with Crippen LogP contribution in [-0.2, 0) is 0 Å². The average Bonchev–Trinajstić information content (AvgIpc) is 2.80. The number of piperidine rings is 1. The number of alkyl halides is 2. The van der Waals surface area contributed by atoms with Gasteiger partial charge in [-0.1, -0.05) is 0 Å². The van der Waals surface area contributed by atoms with E-state index in [0.29, 0.717) is 27.1 Å². The zero-order valence-corrected chi connectivity index (χ0v) is 9.31. The van der Waals surface area contributed by atoms with Crippen LogP contribution in [0.5, 0.6) is 0 Å². The van der Waals surface area contributed by atoms with E-state index in [2.05, 4.69) is 15.3 Å². The molecule has 1 aromatic rings. The Bertz CT molecular complexity index is 303. The molecule has 13 heavy (non-hydrogen) atoms. The summed E-state index contributed by atoms with van der Waals surface area (Å²) in [5.74, 6) is 0.716. The minimum absolute atomic E-state index is 0.383. The van der Waals surface area contributed by atoms with Crippen molar-refractivity contribution in [3.05, 3.63) is 24.3 Å². The molecule has 70 valence electrons. The maximum atomic E-state index is 4.41. The van der Waals surface area contributed by atoms with Crippen LogP contribution in [-0.4, -0.2) is 24.5 Å². The van der Waals surface area contributed by atoms with Crippen LogP contribution in [0.4, 0.5) is 0 Å². The summed E-state index contributed by atoms with van der Waals surface area (Å²) in [6.45, 7) is 1.22. The zero-order valence-electron chi connectivity index (χ0n) is 7.15. The molecule has 0 spiro atoms. The van der Waals surface area contributed by atoms with E-state index >= 15 is 0 Å². The van der Waals surface area contributed by atoms with Crippen LogP contribution in [0.15, 0.2) is 18.6 Å². The Hall–Kier alpha value is -0.230. The van der Waals surface area contributed by atoms with Gasteiger partial charge in [-0.2, -0.15) is 0 Å². The van der Waals surface area contributed by atoms with Crippen molar-refractivity contribution in [3.63, 3.8) is 0 Å². The molecule has 1 aromatic heterocycles.